The van der Waals surface area contributed by atoms with Crippen molar-refractivity contribution in [1.29, 1.82) is 0 Å². The van der Waals surface area contributed by atoms with Crippen LogP contribution in [0, 0.1) is 11.8 Å². The molecule has 2 heterocycles. The first-order valence-electron chi connectivity index (χ1n) is 7.39. The van der Waals surface area contributed by atoms with E-state index in [0.29, 0.717) is 5.92 Å². The molecule has 0 aliphatic carbocycles. The molecule has 2 amide bonds. The Morgan fingerprint density at radius 3 is 2.32 bits per heavy atom. The average molecular weight is 267 g/mol. The minimum atomic E-state index is -0.402. The Morgan fingerprint density at radius 2 is 1.79 bits per heavy atom. The van der Waals surface area contributed by atoms with Gasteiger partial charge in [-0.25, -0.2) is 0 Å². The summed E-state index contributed by atoms with van der Waals surface area (Å²) in [6.45, 7) is 7.22. The van der Waals surface area contributed by atoms with Gasteiger partial charge in [0.05, 0.1) is 0 Å². The van der Waals surface area contributed by atoms with Gasteiger partial charge in [-0.3, -0.25) is 9.59 Å². The van der Waals surface area contributed by atoms with E-state index >= 15 is 0 Å². The molecule has 0 bridgehead atoms. The zero-order valence-electron chi connectivity index (χ0n) is 11.9. The smallest absolute Gasteiger partial charge is 0.244 e. The summed E-state index contributed by atoms with van der Waals surface area (Å²) in [7, 11) is 0. The van der Waals surface area contributed by atoms with Gasteiger partial charge in [-0.1, -0.05) is 6.92 Å². The summed E-state index contributed by atoms with van der Waals surface area (Å²) in [6, 6.07) is -0.402. The maximum absolute atomic E-state index is 12.2. The van der Waals surface area contributed by atoms with E-state index in [1.165, 1.54) is 6.42 Å². The highest BCUT2D eigenvalue weighted by molar-refractivity contribution is 5.88. The van der Waals surface area contributed by atoms with Gasteiger partial charge >= 0.3 is 0 Å². The maximum atomic E-state index is 12.2. The fraction of sp³-hybridized carbons (Fsp3) is 0.857. The number of amides is 2. The number of likely N-dealkylation sites (tertiary alicyclic amines) is 1. The van der Waals surface area contributed by atoms with Gasteiger partial charge in [0.2, 0.25) is 11.8 Å². The molecular formula is C14H25N3O2. The fourth-order valence-corrected chi connectivity index (χ4v) is 2.67. The first kappa shape index (κ1) is 14.3. The Kier molecular flexibility index (Phi) is 4.80. The van der Waals surface area contributed by atoms with E-state index < -0.39 is 6.04 Å². The van der Waals surface area contributed by atoms with Crippen molar-refractivity contribution in [2.45, 2.75) is 39.2 Å². The van der Waals surface area contributed by atoms with Crippen molar-refractivity contribution in [1.82, 2.24) is 15.5 Å². The van der Waals surface area contributed by atoms with Crippen LogP contribution in [0.4, 0.5) is 0 Å². The van der Waals surface area contributed by atoms with Gasteiger partial charge in [0, 0.05) is 19.0 Å². The number of nitrogens with one attached hydrogen (secondary N) is 2. The molecule has 2 N–H and O–H groups in total. The van der Waals surface area contributed by atoms with E-state index in [2.05, 4.69) is 10.6 Å². The highest BCUT2D eigenvalue weighted by atomic mass is 16.2. The van der Waals surface area contributed by atoms with Crippen LogP contribution >= 0.6 is 0 Å². The lowest BCUT2D eigenvalue weighted by Gasteiger charge is -2.33. The molecular weight excluding hydrogens is 242 g/mol. The maximum Gasteiger partial charge on any atom is 0.244 e. The molecule has 2 saturated heterocycles. The minimum Gasteiger partial charge on any atom is -0.344 e. The third-order valence-corrected chi connectivity index (χ3v) is 4.33. The second-order valence-corrected chi connectivity index (χ2v) is 5.82. The standard InChI is InChI=1S/C14H25N3O2/c1-10(12-8-15-9-12)13(18)16-11(2)14(19)17-6-4-3-5-7-17/h10-12,15H,3-9H2,1-2H3,(H,16,18)/t10?,11-/m0/s1. The van der Waals surface area contributed by atoms with E-state index in [1.807, 2.05) is 11.8 Å². The predicted octanol–water partition coefficient (Wildman–Crippen LogP) is 0.359. The lowest BCUT2D eigenvalue weighted by molar-refractivity contribution is -0.138. The van der Waals surface area contributed by atoms with Gasteiger partial charge in [-0.15, -0.1) is 0 Å². The number of rotatable bonds is 4. The van der Waals surface area contributed by atoms with Crippen molar-refractivity contribution < 1.29 is 9.59 Å². The molecule has 0 radical (unpaired) electrons. The van der Waals surface area contributed by atoms with Gasteiger partial charge in [-0.2, -0.15) is 0 Å². The number of carbonyl (C=O) groups excluding carboxylic acids is 2. The Hall–Kier alpha value is -1.10. The number of hydrogen-bond acceptors (Lipinski definition) is 3. The van der Waals surface area contributed by atoms with Gasteiger partial charge in [0.25, 0.3) is 0 Å². The highest BCUT2D eigenvalue weighted by Gasteiger charge is 2.31. The number of nitrogens with zero attached hydrogens (tertiary/aromatic N) is 1. The molecule has 2 fully saturated rings. The van der Waals surface area contributed by atoms with Gasteiger partial charge in [0.1, 0.15) is 6.04 Å². The van der Waals surface area contributed by atoms with Crippen LogP contribution in [0.15, 0.2) is 0 Å². The van der Waals surface area contributed by atoms with Crippen LogP contribution in [-0.2, 0) is 9.59 Å². The zero-order valence-corrected chi connectivity index (χ0v) is 11.9. The lowest BCUT2D eigenvalue weighted by atomic mass is 9.88. The van der Waals surface area contributed by atoms with E-state index in [1.54, 1.807) is 6.92 Å². The van der Waals surface area contributed by atoms with Crippen LogP contribution in [0.2, 0.25) is 0 Å². The summed E-state index contributed by atoms with van der Waals surface area (Å²) < 4.78 is 0. The van der Waals surface area contributed by atoms with E-state index in [4.69, 9.17) is 0 Å². The molecule has 0 saturated carbocycles. The molecule has 2 aliphatic heterocycles. The van der Waals surface area contributed by atoms with Crippen LogP contribution in [0.1, 0.15) is 33.1 Å². The first-order chi connectivity index (χ1) is 9.09. The summed E-state index contributed by atoms with van der Waals surface area (Å²) in [6.07, 6.45) is 3.36. The molecule has 5 nitrogen and oxygen atoms in total. The quantitative estimate of drug-likeness (QED) is 0.773. The van der Waals surface area contributed by atoms with Crippen LogP contribution in [0.5, 0.6) is 0 Å². The van der Waals surface area contributed by atoms with Crippen molar-refractivity contribution >= 4 is 11.8 Å². The molecule has 0 spiro atoms. The van der Waals surface area contributed by atoms with Gasteiger partial charge in [-0.05, 0) is 45.2 Å². The van der Waals surface area contributed by atoms with Crippen molar-refractivity contribution in [3.8, 4) is 0 Å². The summed E-state index contributed by atoms with van der Waals surface area (Å²) in [5, 5.41) is 6.04. The molecule has 2 atom stereocenters. The number of hydrogen-bond donors (Lipinski definition) is 2. The fourth-order valence-electron chi connectivity index (χ4n) is 2.67. The number of piperidine rings is 1. The normalized spacial score (nSPS) is 23.4. The van der Waals surface area contributed by atoms with E-state index in [-0.39, 0.29) is 17.7 Å². The van der Waals surface area contributed by atoms with Gasteiger partial charge < -0.3 is 15.5 Å². The molecule has 2 aliphatic rings. The topological polar surface area (TPSA) is 61.4 Å². The molecule has 0 aromatic carbocycles. The molecule has 0 aromatic rings. The third kappa shape index (κ3) is 3.47. The summed E-state index contributed by atoms with van der Waals surface area (Å²) in [4.78, 5) is 26.2. The Bertz CT molecular complexity index is 336. The van der Waals surface area contributed by atoms with Crippen LogP contribution in [0.3, 0.4) is 0 Å². The monoisotopic (exact) mass is 267 g/mol. The molecule has 2 rings (SSSR count). The molecule has 0 aromatic heterocycles. The number of carbonyl (C=O) groups is 2. The summed E-state index contributed by atoms with van der Waals surface area (Å²) in [5.41, 5.74) is 0. The Labute approximate surface area is 115 Å². The second kappa shape index (κ2) is 6.37. The second-order valence-electron chi connectivity index (χ2n) is 5.82. The van der Waals surface area contributed by atoms with Crippen molar-refractivity contribution in [2.24, 2.45) is 11.8 Å². The van der Waals surface area contributed by atoms with Crippen molar-refractivity contribution in [3.05, 3.63) is 0 Å². The minimum absolute atomic E-state index is 0.00404. The summed E-state index contributed by atoms with van der Waals surface area (Å²) in [5.74, 6) is 0.464. The third-order valence-electron chi connectivity index (χ3n) is 4.33. The first-order valence-corrected chi connectivity index (χ1v) is 7.39. The van der Waals surface area contributed by atoms with Crippen LogP contribution < -0.4 is 10.6 Å². The molecule has 19 heavy (non-hydrogen) atoms. The molecule has 1 unspecified atom stereocenters. The zero-order chi connectivity index (χ0) is 13.8. The van der Waals surface area contributed by atoms with Crippen molar-refractivity contribution in [2.75, 3.05) is 26.2 Å². The largest absolute Gasteiger partial charge is 0.344 e. The van der Waals surface area contributed by atoms with E-state index in [9.17, 15) is 9.59 Å². The Balaban J connectivity index is 1.80. The van der Waals surface area contributed by atoms with Crippen LogP contribution in [-0.4, -0.2) is 48.9 Å². The average Bonchev–Trinajstić information content (AvgIpc) is 2.36. The molecule has 5 heteroatoms. The lowest BCUT2D eigenvalue weighted by Crippen LogP contribution is -2.53. The van der Waals surface area contributed by atoms with Crippen molar-refractivity contribution in [3.63, 3.8) is 0 Å². The predicted molar refractivity (Wildman–Crippen MR) is 73.6 cm³/mol. The molecule has 108 valence electrons. The van der Waals surface area contributed by atoms with E-state index in [0.717, 1.165) is 39.0 Å². The SMILES string of the molecule is CC(C(=O)N[C@@H](C)C(=O)N1CCCCC1)C1CNC1. The van der Waals surface area contributed by atoms with Crippen LogP contribution in [0.25, 0.3) is 0 Å². The highest BCUT2D eigenvalue weighted by Crippen LogP contribution is 2.16. The summed E-state index contributed by atoms with van der Waals surface area (Å²) >= 11 is 0. The van der Waals surface area contributed by atoms with Gasteiger partial charge in [0.15, 0.2) is 0 Å². The Morgan fingerprint density at radius 1 is 1.16 bits per heavy atom.